The minimum absolute atomic E-state index is 0.174. The third kappa shape index (κ3) is 2.15. The van der Waals surface area contributed by atoms with Gasteiger partial charge < -0.3 is 5.32 Å². The van der Waals surface area contributed by atoms with Crippen molar-refractivity contribution < 1.29 is 9.59 Å². The van der Waals surface area contributed by atoms with Crippen LogP contribution in [-0.2, 0) is 0 Å². The highest BCUT2D eigenvalue weighted by Crippen LogP contribution is 2.07. The second kappa shape index (κ2) is 3.85. The summed E-state index contributed by atoms with van der Waals surface area (Å²) in [7, 11) is 1.56. The highest BCUT2D eigenvalue weighted by molar-refractivity contribution is 5.95. The van der Waals surface area contributed by atoms with Crippen molar-refractivity contribution in [1.82, 2.24) is 5.32 Å². The van der Waals surface area contributed by atoms with E-state index < -0.39 is 0 Å². The van der Waals surface area contributed by atoms with Gasteiger partial charge >= 0.3 is 0 Å². The average Bonchev–Trinajstić information content (AvgIpc) is 2.15. The minimum Gasteiger partial charge on any atom is -0.355 e. The fraction of sp³-hybridized carbons (Fsp3) is 0.200. The summed E-state index contributed by atoms with van der Waals surface area (Å²) in [5.74, 6) is -0.174. The number of hydrogen-bond donors (Lipinski definition) is 1. The lowest BCUT2D eigenvalue weighted by molar-refractivity contribution is 0.0963. The summed E-state index contributed by atoms with van der Waals surface area (Å²) in [5.41, 5.74) is 1.95. The van der Waals surface area contributed by atoms with Gasteiger partial charge in [-0.1, -0.05) is 0 Å². The van der Waals surface area contributed by atoms with Crippen molar-refractivity contribution in [3.63, 3.8) is 0 Å². The highest BCUT2D eigenvalue weighted by atomic mass is 16.1. The molecule has 0 aliphatic carbocycles. The molecule has 1 amide bonds. The predicted octanol–water partition coefficient (Wildman–Crippen LogP) is 1.17. The highest BCUT2D eigenvalue weighted by Gasteiger charge is 2.04. The van der Waals surface area contributed by atoms with E-state index in [0.717, 1.165) is 11.8 Å². The molecule has 0 saturated carbocycles. The van der Waals surface area contributed by atoms with Gasteiger partial charge in [0, 0.05) is 18.2 Å². The molecular formula is C10H11NO2. The first-order chi connectivity index (χ1) is 6.17. The van der Waals surface area contributed by atoms with Crippen molar-refractivity contribution in [2.75, 3.05) is 7.05 Å². The van der Waals surface area contributed by atoms with Crippen molar-refractivity contribution in [2.24, 2.45) is 0 Å². The Kier molecular flexibility index (Phi) is 2.80. The number of carbonyl (C=O) groups excluding carboxylic acids is 2. The molecule has 0 aliphatic heterocycles. The first-order valence-electron chi connectivity index (χ1n) is 3.96. The van der Waals surface area contributed by atoms with Crippen LogP contribution in [0.2, 0.25) is 0 Å². The van der Waals surface area contributed by atoms with Gasteiger partial charge in [-0.15, -0.1) is 0 Å². The Morgan fingerprint density at radius 1 is 1.38 bits per heavy atom. The van der Waals surface area contributed by atoms with Crippen LogP contribution in [0.1, 0.15) is 26.3 Å². The Morgan fingerprint density at radius 3 is 2.62 bits per heavy atom. The van der Waals surface area contributed by atoms with Crippen LogP contribution >= 0.6 is 0 Å². The van der Waals surface area contributed by atoms with Crippen molar-refractivity contribution in [1.29, 1.82) is 0 Å². The SMILES string of the molecule is CNC(=O)c1cc(C)cc(C=O)c1. The van der Waals surface area contributed by atoms with Gasteiger partial charge in [0.2, 0.25) is 0 Å². The molecule has 1 N–H and O–H groups in total. The van der Waals surface area contributed by atoms with Gasteiger partial charge in [0.1, 0.15) is 6.29 Å². The molecule has 0 unspecified atom stereocenters. The standard InChI is InChI=1S/C10H11NO2/c1-7-3-8(6-12)5-9(4-7)10(13)11-2/h3-6H,1-2H3,(H,11,13). The summed E-state index contributed by atoms with van der Waals surface area (Å²) in [6.45, 7) is 1.85. The molecule has 3 nitrogen and oxygen atoms in total. The zero-order valence-electron chi connectivity index (χ0n) is 7.63. The van der Waals surface area contributed by atoms with E-state index in [1.165, 1.54) is 0 Å². The molecule has 0 saturated heterocycles. The normalized spacial score (nSPS) is 9.38. The van der Waals surface area contributed by atoms with Crippen molar-refractivity contribution >= 4 is 12.2 Å². The van der Waals surface area contributed by atoms with Crippen molar-refractivity contribution in [3.05, 3.63) is 34.9 Å². The molecule has 68 valence electrons. The third-order valence-corrected chi connectivity index (χ3v) is 1.73. The molecule has 3 heteroatoms. The molecule has 1 aromatic rings. The van der Waals surface area contributed by atoms with E-state index in [0.29, 0.717) is 11.1 Å². The fourth-order valence-corrected chi connectivity index (χ4v) is 1.16. The maximum Gasteiger partial charge on any atom is 0.251 e. The summed E-state index contributed by atoms with van der Waals surface area (Å²) in [4.78, 5) is 21.7. The monoisotopic (exact) mass is 177 g/mol. The van der Waals surface area contributed by atoms with Crippen LogP contribution in [0.3, 0.4) is 0 Å². The average molecular weight is 177 g/mol. The van der Waals surface area contributed by atoms with Crippen molar-refractivity contribution in [2.45, 2.75) is 6.92 Å². The summed E-state index contributed by atoms with van der Waals surface area (Å²) < 4.78 is 0. The molecule has 1 rings (SSSR count). The maximum absolute atomic E-state index is 11.2. The molecule has 0 spiro atoms. The summed E-state index contributed by atoms with van der Waals surface area (Å²) >= 11 is 0. The van der Waals surface area contributed by atoms with E-state index in [9.17, 15) is 9.59 Å². The van der Waals surface area contributed by atoms with Crippen LogP contribution in [0.5, 0.6) is 0 Å². The van der Waals surface area contributed by atoms with Gasteiger partial charge in [-0.25, -0.2) is 0 Å². The Balaban J connectivity index is 3.15. The first-order valence-corrected chi connectivity index (χ1v) is 3.96. The molecule has 0 radical (unpaired) electrons. The molecule has 13 heavy (non-hydrogen) atoms. The third-order valence-electron chi connectivity index (χ3n) is 1.73. The van der Waals surface area contributed by atoms with Crippen LogP contribution < -0.4 is 5.32 Å². The molecule has 0 aromatic heterocycles. The number of aldehydes is 1. The largest absolute Gasteiger partial charge is 0.355 e. The molecule has 0 heterocycles. The molecule has 0 bridgehead atoms. The Morgan fingerprint density at radius 2 is 2.08 bits per heavy atom. The van der Waals surface area contributed by atoms with Crippen LogP contribution in [0, 0.1) is 6.92 Å². The number of benzene rings is 1. The summed E-state index contributed by atoms with van der Waals surface area (Å²) in [6.07, 6.45) is 0.736. The lowest BCUT2D eigenvalue weighted by atomic mass is 10.1. The maximum atomic E-state index is 11.2. The lowest BCUT2D eigenvalue weighted by Crippen LogP contribution is -2.18. The van der Waals surface area contributed by atoms with Crippen LogP contribution in [0.15, 0.2) is 18.2 Å². The molecule has 0 atom stereocenters. The number of amides is 1. The summed E-state index contributed by atoms with van der Waals surface area (Å²) in [6, 6.07) is 5.05. The van der Waals surface area contributed by atoms with E-state index in [-0.39, 0.29) is 5.91 Å². The predicted molar refractivity (Wildman–Crippen MR) is 50.0 cm³/mol. The number of hydrogen-bond acceptors (Lipinski definition) is 2. The number of rotatable bonds is 2. The molecule has 0 fully saturated rings. The summed E-state index contributed by atoms with van der Waals surface area (Å²) in [5, 5.41) is 2.50. The first kappa shape index (κ1) is 9.45. The number of aryl methyl sites for hydroxylation is 1. The van der Waals surface area contributed by atoms with Crippen LogP contribution in [0.4, 0.5) is 0 Å². The van der Waals surface area contributed by atoms with E-state index in [2.05, 4.69) is 5.32 Å². The minimum atomic E-state index is -0.174. The van der Waals surface area contributed by atoms with E-state index in [1.807, 2.05) is 6.92 Å². The lowest BCUT2D eigenvalue weighted by Gasteiger charge is -2.02. The molecule has 1 aromatic carbocycles. The second-order valence-corrected chi connectivity index (χ2v) is 2.83. The van der Waals surface area contributed by atoms with Gasteiger partial charge in [0.05, 0.1) is 0 Å². The Bertz CT molecular complexity index is 345. The van der Waals surface area contributed by atoms with Gasteiger partial charge in [-0.05, 0) is 30.7 Å². The van der Waals surface area contributed by atoms with Crippen LogP contribution in [0.25, 0.3) is 0 Å². The zero-order valence-corrected chi connectivity index (χ0v) is 7.63. The van der Waals surface area contributed by atoms with Gasteiger partial charge in [-0.2, -0.15) is 0 Å². The quantitative estimate of drug-likeness (QED) is 0.689. The van der Waals surface area contributed by atoms with Gasteiger partial charge in [0.15, 0.2) is 0 Å². The Hall–Kier alpha value is -1.64. The van der Waals surface area contributed by atoms with E-state index in [4.69, 9.17) is 0 Å². The second-order valence-electron chi connectivity index (χ2n) is 2.83. The fourth-order valence-electron chi connectivity index (χ4n) is 1.16. The molecule has 0 aliphatic rings. The van der Waals surface area contributed by atoms with E-state index in [1.54, 1.807) is 25.2 Å². The van der Waals surface area contributed by atoms with E-state index >= 15 is 0 Å². The number of nitrogens with one attached hydrogen (secondary N) is 1. The topological polar surface area (TPSA) is 46.2 Å². The molecular weight excluding hydrogens is 166 g/mol. The van der Waals surface area contributed by atoms with Crippen LogP contribution in [-0.4, -0.2) is 19.2 Å². The Labute approximate surface area is 76.8 Å². The van der Waals surface area contributed by atoms with Gasteiger partial charge in [-0.3, -0.25) is 9.59 Å². The smallest absolute Gasteiger partial charge is 0.251 e. The van der Waals surface area contributed by atoms with Crippen molar-refractivity contribution in [3.8, 4) is 0 Å². The number of carbonyl (C=O) groups is 2. The zero-order chi connectivity index (χ0) is 9.84. The van der Waals surface area contributed by atoms with Gasteiger partial charge in [0.25, 0.3) is 5.91 Å².